The van der Waals surface area contributed by atoms with Gasteiger partial charge in [-0.15, -0.1) is 11.3 Å². The fraction of sp³-hybridized carbons (Fsp3) is 0.0909. The Balaban J connectivity index is 2.07. The van der Waals surface area contributed by atoms with E-state index in [1.807, 2.05) is 0 Å². The Morgan fingerprint density at radius 3 is 3.12 bits per heavy atom. The molecule has 0 aliphatic rings. The Kier molecular flexibility index (Phi) is 3.55. The first-order valence-corrected chi connectivity index (χ1v) is 5.62. The molecule has 0 aliphatic carbocycles. The monoisotopic (exact) mass is 247 g/mol. The molecule has 0 fully saturated rings. The highest BCUT2D eigenvalue weighted by Gasteiger charge is 2.09. The molecule has 0 bridgehead atoms. The third-order valence-corrected chi connectivity index (χ3v) is 2.82. The van der Waals surface area contributed by atoms with Crippen molar-refractivity contribution in [3.05, 3.63) is 34.2 Å². The molecule has 2 rings (SSSR count). The number of carbonyl (C=O) groups is 1. The van der Waals surface area contributed by atoms with E-state index < -0.39 is 0 Å². The minimum Gasteiger partial charge on any atom is -0.363 e. The quantitative estimate of drug-likeness (QED) is 0.784. The lowest BCUT2D eigenvalue weighted by Crippen LogP contribution is -2.09. The van der Waals surface area contributed by atoms with E-state index >= 15 is 0 Å². The second kappa shape index (κ2) is 5.30. The zero-order valence-corrected chi connectivity index (χ0v) is 9.58. The van der Waals surface area contributed by atoms with Crippen LogP contribution in [0.4, 0.5) is 5.82 Å². The number of nitrogens with two attached hydrogens (primary N) is 1. The van der Waals surface area contributed by atoms with Crippen LogP contribution in [-0.4, -0.2) is 17.6 Å². The van der Waals surface area contributed by atoms with Crippen molar-refractivity contribution in [1.29, 1.82) is 0 Å². The van der Waals surface area contributed by atoms with Crippen LogP contribution in [0.5, 0.6) is 0 Å². The number of carbonyl (C=O) groups excluding carboxylic acids is 1. The number of hydrogen-bond donors (Lipinski definition) is 2. The van der Waals surface area contributed by atoms with Crippen LogP contribution in [0.1, 0.15) is 14.5 Å². The second-order valence-corrected chi connectivity index (χ2v) is 4.09. The summed E-state index contributed by atoms with van der Waals surface area (Å²) in [5.41, 5.74) is 5.27. The van der Waals surface area contributed by atoms with Crippen LogP contribution in [0.3, 0.4) is 0 Å². The molecular weight excluding hydrogens is 238 g/mol. The van der Waals surface area contributed by atoms with Crippen molar-refractivity contribution in [2.24, 2.45) is 5.73 Å². The highest BCUT2D eigenvalue weighted by Crippen LogP contribution is 2.16. The number of nitrogens with one attached hydrogen (secondary N) is 1. The molecule has 2 aromatic rings. The minimum absolute atomic E-state index is 0.232. The van der Waals surface area contributed by atoms with Gasteiger partial charge in [-0.3, -0.25) is 4.79 Å². The van der Waals surface area contributed by atoms with Gasteiger partial charge < -0.3 is 15.6 Å². The highest BCUT2D eigenvalue weighted by atomic mass is 32.1. The standard InChI is InChI=1S/C11H9N3O2S/c12-6-1-2-8-3-4-9(17-8)11(15)13-10-5-7-16-14-10/h3-5,7H,6,12H2,(H,13,14,15). The number of rotatable bonds is 2. The van der Waals surface area contributed by atoms with Crippen LogP contribution in [0.25, 0.3) is 0 Å². The molecule has 17 heavy (non-hydrogen) atoms. The first kappa shape index (κ1) is 11.4. The molecule has 0 radical (unpaired) electrons. The molecule has 0 aliphatic heterocycles. The highest BCUT2D eigenvalue weighted by molar-refractivity contribution is 7.14. The van der Waals surface area contributed by atoms with Gasteiger partial charge in [0.1, 0.15) is 6.26 Å². The van der Waals surface area contributed by atoms with Crippen molar-refractivity contribution in [2.45, 2.75) is 0 Å². The smallest absolute Gasteiger partial charge is 0.267 e. The number of anilines is 1. The van der Waals surface area contributed by atoms with E-state index in [2.05, 4.69) is 26.8 Å². The van der Waals surface area contributed by atoms with Crippen LogP contribution in [0.15, 0.2) is 29.0 Å². The summed E-state index contributed by atoms with van der Waals surface area (Å²) in [5.74, 6) is 5.75. The zero-order chi connectivity index (χ0) is 12.1. The number of thiophene rings is 1. The summed E-state index contributed by atoms with van der Waals surface area (Å²) in [5, 5.41) is 6.19. The van der Waals surface area contributed by atoms with E-state index in [9.17, 15) is 4.79 Å². The van der Waals surface area contributed by atoms with Crippen LogP contribution in [0, 0.1) is 11.8 Å². The molecule has 0 unspecified atom stereocenters. The largest absolute Gasteiger partial charge is 0.363 e. The van der Waals surface area contributed by atoms with E-state index in [0.717, 1.165) is 4.88 Å². The summed E-state index contributed by atoms with van der Waals surface area (Å²) in [6, 6.07) is 5.06. The maximum absolute atomic E-state index is 11.7. The van der Waals surface area contributed by atoms with Crippen molar-refractivity contribution in [2.75, 3.05) is 11.9 Å². The Hall–Kier alpha value is -2.10. The van der Waals surface area contributed by atoms with Crippen LogP contribution < -0.4 is 11.1 Å². The van der Waals surface area contributed by atoms with E-state index in [0.29, 0.717) is 17.2 Å². The molecule has 86 valence electrons. The summed E-state index contributed by atoms with van der Waals surface area (Å²) < 4.78 is 4.61. The van der Waals surface area contributed by atoms with E-state index in [1.54, 1.807) is 18.2 Å². The topological polar surface area (TPSA) is 81.2 Å². The Labute approximate surface area is 102 Å². The van der Waals surface area contributed by atoms with Gasteiger partial charge in [0.05, 0.1) is 16.3 Å². The van der Waals surface area contributed by atoms with Gasteiger partial charge in [-0.05, 0) is 12.1 Å². The second-order valence-electron chi connectivity index (χ2n) is 3.01. The number of nitrogens with zero attached hydrogens (tertiary/aromatic N) is 1. The third kappa shape index (κ3) is 2.93. The van der Waals surface area contributed by atoms with E-state index in [4.69, 9.17) is 5.73 Å². The molecule has 2 aromatic heterocycles. The van der Waals surface area contributed by atoms with Crippen LogP contribution >= 0.6 is 11.3 Å². The van der Waals surface area contributed by atoms with Gasteiger partial charge in [-0.2, -0.15) is 0 Å². The molecule has 6 heteroatoms. The van der Waals surface area contributed by atoms with Gasteiger partial charge in [0.25, 0.3) is 5.91 Å². The molecule has 0 aromatic carbocycles. The third-order valence-electron chi connectivity index (χ3n) is 1.82. The molecule has 2 heterocycles. The van der Waals surface area contributed by atoms with Gasteiger partial charge in [-0.1, -0.05) is 17.0 Å². The lowest BCUT2D eigenvalue weighted by atomic mass is 10.4. The maximum Gasteiger partial charge on any atom is 0.267 e. The Bertz CT molecular complexity index is 563. The normalized spacial score (nSPS) is 9.47. The van der Waals surface area contributed by atoms with Crippen LogP contribution in [0.2, 0.25) is 0 Å². The summed E-state index contributed by atoms with van der Waals surface area (Å²) in [6.07, 6.45) is 1.39. The average Bonchev–Trinajstić information content (AvgIpc) is 2.96. The van der Waals surface area contributed by atoms with Gasteiger partial charge in [-0.25, -0.2) is 0 Å². The lowest BCUT2D eigenvalue weighted by molar-refractivity contribution is 0.102. The molecular formula is C11H9N3O2S. The lowest BCUT2D eigenvalue weighted by Gasteiger charge is -1.96. The zero-order valence-electron chi connectivity index (χ0n) is 8.77. The SMILES string of the molecule is NCC#Cc1ccc(C(=O)Nc2ccon2)s1. The first-order valence-electron chi connectivity index (χ1n) is 4.80. The summed E-state index contributed by atoms with van der Waals surface area (Å²) >= 11 is 1.30. The number of hydrogen-bond acceptors (Lipinski definition) is 5. The molecule has 1 amide bonds. The Morgan fingerprint density at radius 1 is 1.53 bits per heavy atom. The predicted molar refractivity (Wildman–Crippen MR) is 64.7 cm³/mol. The predicted octanol–water partition coefficient (Wildman–Crippen LogP) is 1.30. The number of aromatic nitrogens is 1. The molecule has 3 N–H and O–H groups in total. The fourth-order valence-corrected chi connectivity index (χ4v) is 1.90. The first-order chi connectivity index (χ1) is 8.29. The molecule has 0 atom stereocenters. The van der Waals surface area contributed by atoms with E-state index in [-0.39, 0.29) is 5.91 Å². The van der Waals surface area contributed by atoms with Crippen molar-refractivity contribution in [3.8, 4) is 11.8 Å². The molecule has 5 nitrogen and oxygen atoms in total. The van der Waals surface area contributed by atoms with Gasteiger partial charge in [0.2, 0.25) is 0 Å². The minimum atomic E-state index is -0.232. The molecule has 0 saturated carbocycles. The average molecular weight is 247 g/mol. The van der Waals surface area contributed by atoms with Gasteiger partial charge in [0, 0.05) is 6.07 Å². The van der Waals surface area contributed by atoms with Crippen molar-refractivity contribution >= 4 is 23.1 Å². The summed E-state index contributed by atoms with van der Waals surface area (Å²) in [7, 11) is 0. The van der Waals surface area contributed by atoms with Gasteiger partial charge in [0.15, 0.2) is 5.82 Å². The van der Waals surface area contributed by atoms with E-state index in [1.165, 1.54) is 17.6 Å². The van der Waals surface area contributed by atoms with Crippen molar-refractivity contribution < 1.29 is 9.32 Å². The molecule has 0 spiro atoms. The van der Waals surface area contributed by atoms with Crippen molar-refractivity contribution in [3.63, 3.8) is 0 Å². The van der Waals surface area contributed by atoms with Crippen molar-refractivity contribution in [1.82, 2.24) is 5.16 Å². The van der Waals surface area contributed by atoms with Gasteiger partial charge >= 0.3 is 0 Å². The van der Waals surface area contributed by atoms with Crippen LogP contribution in [-0.2, 0) is 0 Å². The number of amides is 1. The summed E-state index contributed by atoms with van der Waals surface area (Å²) in [6.45, 7) is 0.304. The summed E-state index contributed by atoms with van der Waals surface area (Å²) in [4.78, 5) is 13.1. The molecule has 0 saturated heterocycles. The maximum atomic E-state index is 11.7. The fourth-order valence-electron chi connectivity index (χ4n) is 1.12. The Morgan fingerprint density at radius 2 is 2.41 bits per heavy atom.